The number of ether oxygens (including phenoxy) is 1. The van der Waals surface area contributed by atoms with Gasteiger partial charge in [0.15, 0.2) is 6.61 Å². The van der Waals surface area contributed by atoms with Crippen LogP contribution in [0.4, 0.5) is 10.1 Å². The monoisotopic (exact) mass is 655 g/mol. The molecule has 1 aliphatic heterocycles. The van der Waals surface area contributed by atoms with Gasteiger partial charge in [-0.2, -0.15) is 0 Å². The molecule has 236 valence electrons. The SMILES string of the molecule is CS(=O)(=O)NCC#Cc1ccc(N2C(=O)[C@H](SC[C@@H](O)c3ccc(F)cc3)[C@H]2c2ccc(OCC(=O)NCC(=O)O)cc2)cc1. The number of aliphatic hydroxyl groups is 1. The molecule has 0 aromatic heterocycles. The predicted molar refractivity (Wildman–Crippen MR) is 167 cm³/mol. The van der Waals surface area contributed by atoms with Gasteiger partial charge in [-0.15, -0.1) is 11.8 Å². The summed E-state index contributed by atoms with van der Waals surface area (Å²) in [5.74, 6) is 3.80. The van der Waals surface area contributed by atoms with Gasteiger partial charge < -0.3 is 25.2 Å². The fraction of sp³-hybridized carbons (Fsp3) is 0.258. The van der Waals surface area contributed by atoms with Crippen molar-refractivity contribution in [1.82, 2.24) is 10.0 Å². The lowest BCUT2D eigenvalue weighted by atomic mass is 9.92. The number of hydrogen-bond acceptors (Lipinski definition) is 8. The standard InChI is InChI=1S/C31H30FN3O8S2/c1-45(41,42)34-16-2-3-20-4-12-24(13-5-20)35-29(22-8-14-25(15-9-22)43-18-27(37)33-17-28(38)39)30(31(35)40)44-19-26(36)21-6-10-23(32)11-7-21/h4-15,26,29-30,34,36H,16-19H2,1H3,(H,33,37)(H,38,39)/t26-,29-,30-/m1/s1. The highest BCUT2D eigenvalue weighted by atomic mass is 32.2. The molecule has 3 aromatic carbocycles. The molecule has 0 spiro atoms. The number of halogens is 1. The Morgan fingerprint density at radius 3 is 2.36 bits per heavy atom. The molecule has 3 atom stereocenters. The number of aliphatic carboxylic acids is 1. The quantitative estimate of drug-likeness (QED) is 0.160. The number of thioether (sulfide) groups is 1. The zero-order chi connectivity index (χ0) is 32.6. The van der Waals surface area contributed by atoms with Gasteiger partial charge in [-0.3, -0.25) is 14.4 Å². The Morgan fingerprint density at radius 2 is 1.73 bits per heavy atom. The maximum absolute atomic E-state index is 13.5. The number of amides is 2. The van der Waals surface area contributed by atoms with Gasteiger partial charge in [-0.1, -0.05) is 36.1 Å². The molecule has 45 heavy (non-hydrogen) atoms. The number of nitrogens with one attached hydrogen (secondary N) is 2. The maximum Gasteiger partial charge on any atom is 0.322 e. The Hall–Kier alpha value is -4.42. The van der Waals surface area contributed by atoms with E-state index in [2.05, 4.69) is 21.9 Å². The minimum Gasteiger partial charge on any atom is -0.484 e. The number of nitrogens with zero attached hydrogens (tertiary/aromatic N) is 1. The van der Waals surface area contributed by atoms with Crippen LogP contribution in [0.1, 0.15) is 28.8 Å². The van der Waals surface area contributed by atoms with Crippen molar-refractivity contribution in [2.45, 2.75) is 17.4 Å². The number of sulfonamides is 1. The van der Waals surface area contributed by atoms with Gasteiger partial charge >= 0.3 is 5.97 Å². The van der Waals surface area contributed by atoms with E-state index in [9.17, 15) is 32.3 Å². The summed E-state index contributed by atoms with van der Waals surface area (Å²) < 4.78 is 43.5. The summed E-state index contributed by atoms with van der Waals surface area (Å²) >= 11 is 1.28. The number of carboxylic acid groups (broad SMARTS) is 1. The molecule has 0 bridgehead atoms. The smallest absolute Gasteiger partial charge is 0.322 e. The number of anilines is 1. The first-order valence-corrected chi connectivity index (χ1v) is 16.5. The molecule has 3 aromatic rings. The van der Waals surface area contributed by atoms with Crippen molar-refractivity contribution >= 4 is 45.3 Å². The number of carbonyl (C=O) groups excluding carboxylic acids is 2. The van der Waals surface area contributed by atoms with Crippen LogP contribution in [0.5, 0.6) is 5.75 Å². The van der Waals surface area contributed by atoms with Gasteiger partial charge in [0.05, 0.1) is 24.9 Å². The molecule has 4 N–H and O–H groups in total. The zero-order valence-corrected chi connectivity index (χ0v) is 25.6. The third-order valence-corrected chi connectivity index (χ3v) is 8.56. The van der Waals surface area contributed by atoms with E-state index >= 15 is 0 Å². The van der Waals surface area contributed by atoms with Crippen LogP contribution >= 0.6 is 11.8 Å². The Morgan fingerprint density at radius 1 is 1.07 bits per heavy atom. The highest BCUT2D eigenvalue weighted by molar-refractivity contribution is 8.00. The number of carboxylic acids is 1. The number of rotatable bonds is 13. The highest BCUT2D eigenvalue weighted by Crippen LogP contribution is 2.46. The molecular weight excluding hydrogens is 625 g/mol. The van der Waals surface area contributed by atoms with Crippen LogP contribution in [0.3, 0.4) is 0 Å². The number of benzene rings is 3. The van der Waals surface area contributed by atoms with Gasteiger partial charge in [0.25, 0.3) is 5.91 Å². The molecule has 0 saturated carbocycles. The van der Waals surface area contributed by atoms with Crippen molar-refractivity contribution < 1.29 is 42.1 Å². The number of β-lactam (4-membered cyclic amide) rings is 1. The Bertz CT molecular complexity index is 1690. The molecule has 2 amide bonds. The van der Waals surface area contributed by atoms with Crippen LogP contribution in [-0.4, -0.2) is 73.4 Å². The second-order valence-electron chi connectivity index (χ2n) is 9.94. The molecule has 1 aliphatic rings. The maximum atomic E-state index is 13.5. The van der Waals surface area contributed by atoms with E-state index in [0.717, 1.165) is 11.8 Å². The summed E-state index contributed by atoms with van der Waals surface area (Å²) in [6.45, 7) is -0.932. The van der Waals surface area contributed by atoms with Gasteiger partial charge in [-0.25, -0.2) is 17.5 Å². The van der Waals surface area contributed by atoms with E-state index in [1.165, 1.54) is 36.0 Å². The molecule has 1 heterocycles. The van der Waals surface area contributed by atoms with E-state index in [1.54, 1.807) is 53.4 Å². The minimum absolute atomic E-state index is 0.0390. The summed E-state index contributed by atoms with van der Waals surface area (Å²) in [6.07, 6.45) is 0.125. The van der Waals surface area contributed by atoms with Gasteiger partial charge in [0.1, 0.15) is 23.4 Å². The van der Waals surface area contributed by atoms with Crippen LogP contribution in [0.15, 0.2) is 72.8 Å². The largest absolute Gasteiger partial charge is 0.484 e. The van der Waals surface area contributed by atoms with Gasteiger partial charge in [0.2, 0.25) is 15.9 Å². The first-order chi connectivity index (χ1) is 21.4. The summed E-state index contributed by atoms with van der Waals surface area (Å²) in [7, 11) is -3.35. The third kappa shape index (κ3) is 9.53. The van der Waals surface area contributed by atoms with E-state index in [1.807, 2.05) is 0 Å². The normalized spacial score (nSPS) is 16.6. The fourth-order valence-electron chi connectivity index (χ4n) is 4.37. The second kappa shape index (κ2) is 15.0. The number of carbonyl (C=O) groups is 3. The molecule has 0 aliphatic carbocycles. The fourth-order valence-corrected chi connectivity index (χ4v) is 6.00. The lowest BCUT2D eigenvalue weighted by Crippen LogP contribution is -2.57. The topological polar surface area (TPSA) is 162 Å². The second-order valence-corrected chi connectivity index (χ2v) is 13.0. The molecule has 0 unspecified atom stereocenters. The average molecular weight is 656 g/mol. The molecular formula is C31H30FN3O8S2. The Labute approximate surface area is 263 Å². The van der Waals surface area contributed by atoms with Crippen molar-refractivity contribution in [3.8, 4) is 17.6 Å². The molecule has 14 heteroatoms. The van der Waals surface area contributed by atoms with Crippen LogP contribution in [0.25, 0.3) is 0 Å². The summed E-state index contributed by atoms with van der Waals surface area (Å²) in [4.78, 5) is 37.5. The van der Waals surface area contributed by atoms with Crippen LogP contribution < -0.4 is 19.7 Å². The third-order valence-electron chi connectivity index (χ3n) is 6.56. The van der Waals surface area contributed by atoms with Crippen molar-refractivity contribution in [1.29, 1.82) is 0 Å². The molecule has 0 radical (unpaired) electrons. The number of aliphatic hydroxyl groups excluding tert-OH is 1. The lowest BCUT2D eigenvalue weighted by molar-refractivity contribution is -0.138. The van der Waals surface area contributed by atoms with E-state index in [4.69, 9.17) is 9.84 Å². The Kier molecular flexibility index (Phi) is 11.2. The van der Waals surface area contributed by atoms with E-state index in [-0.39, 0.29) is 24.8 Å². The van der Waals surface area contributed by atoms with Gasteiger partial charge in [0, 0.05) is 17.0 Å². The predicted octanol–water partition coefficient (Wildman–Crippen LogP) is 2.23. The summed E-state index contributed by atoms with van der Waals surface area (Å²) in [6, 6.07) is 18.8. The van der Waals surface area contributed by atoms with Crippen LogP contribution in [-0.2, 0) is 24.4 Å². The van der Waals surface area contributed by atoms with E-state index in [0.29, 0.717) is 22.6 Å². The van der Waals surface area contributed by atoms with Crippen molar-refractivity contribution in [2.75, 3.05) is 36.6 Å². The average Bonchev–Trinajstić information content (AvgIpc) is 3.00. The summed E-state index contributed by atoms with van der Waals surface area (Å²) in [5.41, 5.74) is 2.53. The Balaban J connectivity index is 1.49. The molecule has 1 fully saturated rings. The molecule has 1 saturated heterocycles. The lowest BCUT2D eigenvalue weighted by Gasteiger charge is -2.47. The van der Waals surface area contributed by atoms with Crippen molar-refractivity contribution in [3.05, 3.63) is 95.3 Å². The van der Waals surface area contributed by atoms with Crippen molar-refractivity contribution in [3.63, 3.8) is 0 Å². The highest BCUT2D eigenvalue weighted by Gasteiger charge is 2.49. The minimum atomic E-state index is -3.35. The first-order valence-electron chi connectivity index (χ1n) is 13.5. The van der Waals surface area contributed by atoms with Crippen LogP contribution in [0.2, 0.25) is 0 Å². The van der Waals surface area contributed by atoms with E-state index < -0.39 is 51.7 Å². The molecule has 4 rings (SSSR count). The van der Waals surface area contributed by atoms with Crippen LogP contribution in [0, 0.1) is 17.7 Å². The van der Waals surface area contributed by atoms with Crippen molar-refractivity contribution in [2.24, 2.45) is 0 Å². The molecule has 11 nitrogen and oxygen atoms in total. The first kappa shape index (κ1) is 33.5. The zero-order valence-electron chi connectivity index (χ0n) is 24.0. The van der Waals surface area contributed by atoms with Gasteiger partial charge in [-0.05, 0) is 59.7 Å². The number of hydrogen-bond donors (Lipinski definition) is 4. The summed E-state index contributed by atoms with van der Waals surface area (Å²) in [5, 5.41) is 21.0.